The average molecular weight is 358 g/mol. The third kappa shape index (κ3) is 8.90. The SMILES string of the molecule is CC(C)(C)OOC(C)(C)C.O=C(c1ccccc1)C(O)c1ccccc1. The first-order valence-corrected chi connectivity index (χ1v) is 8.69. The number of carbonyl (C=O) groups excluding carboxylic acids is 1. The molecule has 1 N–H and O–H groups in total. The van der Waals surface area contributed by atoms with Crippen LogP contribution in [0.25, 0.3) is 0 Å². The molecule has 0 fully saturated rings. The number of hydrogen-bond donors (Lipinski definition) is 1. The van der Waals surface area contributed by atoms with Crippen LogP contribution >= 0.6 is 0 Å². The Labute approximate surface area is 156 Å². The summed E-state index contributed by atoms with van der Waals surface area (Å²) in [5.41, 5.74) is 0.718. The minimum Gasteiger partial charge on any atom is -0.380 e. The number of carbonyl (C=O) groups is 1. The van der Waals surface area contributed by atoms with E-state index in [1.54, 1.807) is 48.5 Å². The Kier molecular flexibility index (Phi) is 8.15. The normalized spacial score (nSPS) is 12.7. The molecule has 0 aromatic heterocycles. The predicted molar refractivity (Wildman–Crippen MR) is 104 cm³/mol. The molecular weight excluding hydrogens is 328 g/mol. The average Bonchev–Trinajstić information content (AvgIpc) is 2.60. The number of rotatable bonds is 4. The third-order valence-electron chi connectivity index (χ3n) is 2.96. The Morgan fingerprint density at radius 2 is 1.15 bits per heavy atom. The molecule has 0 aliphatic rings. The Morgan fingerprint density at radius 1 is 0.769 bits per heavy atom. The monoisotopic (exact) mass is 358 g/mol. The molecule has 0 saturated heterocycles. The Bertz CT molecular complexity index is 638. The largest absolute Gasteiger partial charge is 0.380 e. The number of benzene rings is 2. The summed E-state index contributed by atoms with van der Waals surface area (Å²) in [6, 6.07) is 17.7. The van der Waals surface area contributed by atoms with E-state index in [1.807, 2.05) is 53.7 Å². The van der Waals surface area contributed by atoms with Crippen LogP contribution in [0.15, 0.2) is 60.7 Å². The molecule has 2 aromatic carbocycles. The summed E-state index contributed by atoms with van der Waals surface area (Å²) in [6.07, 6.45) is -1.08. The highest BCUT2D eigenvalue weighted by Gasteiger charge is 2.19. The van der Waals surface area contributed by atoms with Crippen LogP contribution in [0.5, 0.6) is 0 Å². The molecule has 0 aliphatic carbocycles. The summed E-state index contributed by atoms with van der Waals surface area (Å²) in [4.78, 5) is 22.1. The zero-order valence-electron chi connectivity index (χ0n) is 16.5. The van der Waals surface area contributed by atoms with Crippen molar-refractivity contribution in [3.63, 3.8) is 0 Å². The van der Waals surface area contributed by atoms with Crippen LogP contribution in [0.2, 0.25) is 0 Å². The minimum absolute atomic E-state index is 0.215. The molecule has 142 valence electrons. The fourth-order valence-electron chi connectivity index (χ4n) is 1.80. The summed E-state index contributed by atoms with van der Waals surface area (Å²) >= 11 is 0. The van der Waals surface area contributed by atoms with Crippen LogP contribution < -0.4 is 0 Å². The van der Waals surface area contributed by atoms with Crippen LogP contribution in [0, 0.1) is 0 Å². The van der Waals surface area contributed by atoms with Crippen molar-refractivity contribution in [3.05, 3.63) is 71.8 Å². The first-order chi connectivity index (χ1) is 12.0. The van der Waals surface area contributed by atoms with E-state index in [0.29, 0.717) is 11.1 Å². The number of aliphatic hydroxyl groups excluding tert-OH is 1. The Balaban J connectivity index is 0.000000294. The van der Waals surface area contributed by atoms with Crippen molar-refractivity contribution in [1.82, 2.24) is 0 Å². The lowest BCUT2D eigenvalue weighted by atomic mass is 10.0. The Hall–Kier alpha value is -2.01. The maximum atomic E-state index is 11.9. The Morgan fingerprint density at radius 3 is 1.54 bits per heavy atom. The minimum atomic E-state index is -1.08. The lowest BCUT2D eigenvalue weighted by Crippen LogP contribution is -2.27. The van der Waals surface area contributed by atoms with Crippen molar-refractivity contribution in [2.75, 3.05) is 0 Å². The first kappa shape index (κ1) is 22.0. The lowest BCUT2D eigenvalue weighted by Gasteiger charge is -2.24. The van der Waals surface area contributed by atoms with Crippen molar-refractivity contribution in [2.45, 2.75) is 58.8 Å². The molecule has 0 amide bonds. The number of Topliss-reactive ketones (excluding diaryl/α,β-unsaturated/α-hetero) is 1. The molecule has 4 nitrogen and oxygen atoms in total. The summed E-state index contributed by atoms with van der Waals surface area (Å²) in [5, 5.41) is 9.89. The molecule has 0 saturated carbocycles. The molecule has 0 bridgehead atoms. The molecule has 1 atom stereocenters. The smallest absolute Gasteiger partial charge is 0.195 e. The van der Waals surface area contributed by atoms with Crippen LogP contribution in [0.1, 0.15) is 63.6 Å². The highest BCUT2D eigenvalue weighted by Crippen LogP contribution is 2.17. The molecule has 2 rings (SSSR count). The summed E-state index contributed by atoms with van der Waals surface area (Å²) in [7, 11) is 0. The van der Waals surface area contributed by atoms with E-state index in [2.05, 4.69) is 0 Å². The van der Waals surface area contributed by atoms with E-state index in [1.165, 1.54) is 0 Å². The third-order valence-corrected chi connectivity index (χ3v) is 2.96. The summed E-state index contributed by atoms with van der Waals surface area (Å²) in [5.74, 6) is -0.271. The molecule has 4 heteroatoms. The van der Waals surface area contributed by atoms with Crippen LogP contribution in [0.4, 0.5) is 0 Å². The molecular formula is C22H30O4. The van der Waals surface area contributed by atoms with Crippen molar-refractivity contribution in [3.8, 4) is 0 Å². The van der Waals surface area contributed by atoms with Gasteiger partial charge in [0.25, 0.3) is 0 Å². The van der Waals surface area contributed by atoms with Crippen molar-refractivity contribution < 1.29 is 19.7 Å². The first-order valence-electron chi connectivity index (χ1n) is 8.69. The standard InChI is InChI=1S/C14H12O2.C8H18O2/c15-13(11-7-3-1-4-8-11)14(16)12-9-5-2-6-10-12;1-7(2,3)9-10-8(4,5)6/h1-10,13,15H;1-6H3. The van der Waals surface area contributed by atoms with E-state index < -0.39 is 6.10 Å². The number of hydrogen-bond acceptors (Lipinski definition) is 4. The quantitative estimate of drug-likeness (QED) is 0.467. The van der Waals surface area contributed by atoms with E-state index in [-0.39, 0.29) is 17.0 Å². The molecule has 0 heterocycles. The van der Waals surface area contributed by atoms with E-state index >= 15 is 0 Å². The molecule has 2 aromatic rings. The number of aliphatic hydroxyl groups is 1. The maximum Gasteiger partial charge on any atom is 0.195 e. The second kappa shape index (κ2) is 9.62. The van der Waals surface area contributed by atoms with E-state index in [4.69, 9.17) is 9.78 Å². The van der Waals surface area contributed by atoms with Gasteiger partial charge in [-0.1, -0.05) is 60.7 Å². The van der Waals surface area contributed by atoms with Gasteiger partial charge in [-0.2, -0.15) is 0 Å². The highest BCUT2D eigenvalue weighted by atomic mass is 17.2. The lowest BCUT2D eigenvalue weighted by molar-refractivity contribution is -0.393. The predicted octanol–water partition coefficient (Wildman–Crippen LogP) is 5.13. The summed E-state index contributed by atoms with van der Waals surface area (Å²) < 4.78 is 0. The van der Waals surface area contributed by atoms with Gasteiger partial charge >= 0.3 is 0 Å². The van der Waals surface area contributed by atoms with Gasteiger partial charge in [0.1, 0.15) is 6.10 Å². The van der Waals surface area contributed by atoms with E-state index in [9.17, 15) is 9.90 Å². The van der Waals surface area contributed by atoms with Gasteiger partial charge < -0.3 is 5.11 Å². The van der Waals surface area contributed by atoms with Gasteiger partial charge in [0.15, 0.2) is 5.78 Å². The molecule has 26 heavy (non-hydrogen) atoms. The van der Waals surface area contributed by atoms with Crippen molar-refractivity contribution >= 4 is 5.78 Å². The second-order valence-electron chi connectivity index (χ2n) is 7.93. The van der Waals surface area contributed by atoms with Gasteiger partial charge in [-0.25, -0.2) is 9.78 Å². The van der Waals surface area contributed by atoms with E-state index in [0.717, 1.165) is 0 Å². The molecule has 1 unspecified atom stereocenters. The van der Waals surface area contributed by atoms with Crippen molar-refractivity contribution in [2.24, 2.45) is 0 Å². The van der Waals surface area contributed by atoms with Crippen LogP contribution in [-0.4, -0.2) is 22.1 Å². The molecule has 0 radical (unpaired) electrons. The number of ketones is 1. The van der Waals surface area contributed by atoms with Crippen molar-refractivity contribution in [1.29, 1.82) is 0 Å². The molecule has 0 aliphatic heterocycles. The zero-order valence-corrected chi connectivity index (χ0v) is 16.5. The van der Waals surface area contributed by atoms with Gasteiger partial charge in [-0.05, 0) is 47.1 Å². The molecule has 0 spiro atoms. The highest BCUT2D eigenvalue weighted by molar-refractivity contribution is 5.99. The fourth-order valence-corrected chi connectivity index (χ4v) is 1.80. The van der Waals surface area contributed by atoms with Gasteiger partial charge in [0.2, 0.25) is 0 Å². The van der Waals surface area contributed by atoms with Gasteiger partial charge in [-0.3, -0.25) is 4.79 Å². The van der Waals surface area contributed by atoms with Gasteiger partial charge in [0, 0.05) is 5.56 Å². The van der Waals surface area contributed by atoms with Crippen LogP contribution in [0.3, 0.4) is 0 Å². The second-order valence-corrected chi connectivity index (χ2v) is 7.93. The van der Waals surface area contributed by atoms with Gasteiger partial charge in [0.05, 0.1) is 11.2 Å². The van der Waals surface area contributed by atoms with Crippen LogP contribution in [-0.2, 0) is 9.78 Å². The fraction of sp³-hybridized carbons (Fsp3) is 0.409. The van der Waals surface area contributed by atoms with Gasteiger partial charge in [-0.15, -0.1) is 0 Å². The summed E-state index contributed by atoms with van der Waals surface area (Å²) in [6.45, 7) is 11.7. The maximum absolute atomic E-state index is 11.9. The topological polar surface area (TPSA) is 55.8 Å². The zero-order chi connectivity index (χ0) is 19.8.